The van der Waals surface area contributed by atoms with Gasteiger partial charge < -0.3 is 14.7 Å². The Morgan fingerprint density at radius 2 is 1.61 bits per heavy atom. The number of aromatic hydroxyl groups is 1. The first-order valence-corrected chi connectivity index (χ1v) is 9.39. The molecule has 0 aromatic heterocycles. The normalized spacial score (nSPS) is 10.9. The van der Waals surface area contributed by atoms with Gasteiger partial charge in [-0.25, -0.2) is 0 Å². The van der Waals surface area contributed by atoms with Gasteiger partial charge in [-0.15, -0.1) is 0 Å². The summed E-state index contributed by atoms with van der Waals surface area (Å²) in [5.74, 6) is 0.631. The van der Waals surface area contributed by atoms with Crippen LogP contribution in [0.5, 0.6) is 11.5 Å². The second kappa shape index (κ2) is 9.74. The van der Waals surface area contributed by atoms with Crippen LogP contribution >= 0.6 is 0 Å². The van der Waals surface area contributed by atoms with Gasteiger partial charge in [0.15, 0.2) is 12.4 Å². The molecule has 5 heteroatoms. The number of phenolic OH excluding ortho intramolecular Hbond substituents is 1. The molecule has 1 N–H and O–H groups in total. The fraction of sp³-hybridized carbons (Fsp3) is 0.304. The zero-order valence-electron chi connectivity index (χ0n) is 16.9. The number of benzene rings is 2. The molecule has 0 heterocycles. The Kier molecular flexibility index (Phi) is 7.38. The third-order valence-corrected chi connectivity index (χ3v) is 4.56. The molecule has 0 unspecified atom stereocenters. The lowest BCUT2D eigenvalue weighted by Crippen LogP contribution is -2.34. The van der Waals surface area contributed by atoms with Gasteiger partial charge in [-0.2, -0.15) is 0 Å². The number of aryl methyl sites for hydroxylation is 2. The molecule has 2 aromatic carbocycles. The molecule has 0 spiro atoms. The van der Waals surface area contributed by atoms with Crippen molar-refractivity contribution in [1.29, 1.82) is 0 Å². The highest BCUT2D eigenvalue weighted by atomic mass is 16.5. The number of carbonyl (C=O) groups is 2. The van der Waals surface area contributed by atoms with Crippen molar-refractivity contribution >= 4 is 17.8 Å². The minimum Gasteiger partial charge on any atom is -0.507 e. The van der Waals surface area contributed by atoms with Crippen molar-refractivity contribution in [2.75, 3.05) is 19.7 Å². The van der Waals surface area contributed by atoms with E-state index in [9.17, 15) is 14.7 Å². The number of hydrogen-bond acceptors (Lipinski definition) is 4. The molecule has 0 bridgehead atoms. The number of amides is 1. The molecule has 28 heavy (non-hydrogen) atoms. The van der Waals surface area contributed by atoms with E-state index in [2.05, 4.69) is 0 Å². The zero-order valence-corrected chi connectivity index (χ0v) is 16.9. The molecule has 0 aliphatic rings. The predicted octanol–water partition coefficient (Wildman–Crippen LogP) is 4.15. The van der Waals surface area contributed by atoms with Crippen LogP contribution in [0.2, 0.25) is 0 Å². The minimum atomic E-state index is -0.130. The number of hydrogen-bond donors (Lipinski definition) is 1. The third kappa shape index (κ3) is 5.46. The van der Waals surface area contributed by atoms with Crippen LogP contribution in [0.4, 0.5) is 0 Å². The van der Waals surface area contributed by atoms with E-state index < -0.39 is 0 Å². The molecule has 148 valence electrons. The molecule has 0 fully saturated rings. The quantitative estimate of drug-likeness (QED) is 0.551. The Labute approximate surface area is 166 Å². The highest BCUT2D eigenvalue weighted by Gasteiger charge is 2.10. The summed E-state index contributed by atoms with van der Waals surface area (Å²) in [7, 11) is 0. The number of nitrogens with zero attached hydrogens (tertiary/aromatic N) is 1. The molecule has 0 aliphatic heterocycles. The molecule has 0 saturated heterocycles. The number of ketones is 1. The fourth-order valence-electron chi connectivity index (χ4n) is 2.88. The highest BCUT2D eigenvalue weighted by molar-refractivity contribution is 6.06. The average Bonchev–Trinajstić information content (AvgIpc) is 2.69. The molecule has 0 radical (unpaired) electrons. The Morgan fingerprint density at radius 1 is 1.04 bits per heavy atom. The van der Waals surface area contributed by atoms with Crippen molar-refractivity contribution in [3.05, 3.63) is 64.7 Å². The van der Waals surface area contributed by atoms with E-state index in [1.165, 1.54) is 6.08 Å². The van der Waals surface area contributed by atoms with E-state index in [-0.39, 0.29) is 24.0 Å². The van der Waals surface area contributed by atoms with Crippen molar-refractivity contribution in [2.45, 2.75) is 27.7 Å². The summed E-state index contributed by atoms with van der Waals surface area (Å²) < 4.78 is 5.51. The first-order chi connectivity index (χ1) is 13.3. The van der Waals surface area contributed by atoms with Gasteiger partial charge in [0, 0.05) is 18.7 Å². The molecule has 5 nitrogen and oxygen atoms in total. The summed E-state index contributed by atoms with van der Waals surface area (Å²) in [6.07, 6.45) is 3.24. The van der Waals surface area contributed by atoms with Crippen LogP contribution in [0.15, 0.2) is 42.5 Å². The van der Waals surface area contributed by atoms with Crippen molar-refractivity contribution in [3.8, 4) is 11.5 Å². The van der Waals surface area contributed by atoms with Gasteiger partial charge in [0.2, 0.25) is 0 Å². The average molecular weight is 381 g/mol. The van der Waals surface area contributed by atoms with E-state index in [4.69, 9.17) is 4.74 Å². The lowest BCUT2D eigenvalue weighted by Gasteiger charge is -2.18. The van der Waals surface area contributed by atoms with Crippen molar-refractivity contribution in [1.82, 2.24) is 4.90 Å². The fourth-order valence-corrected chi connectivity index (χ4v) is 2.88. The predicted molar refractivity (Wildman–Crippen MR) is 111 cm³/mol. The molecular weight excluding hydrogens is 354 g/mol. The van der Waals surface area contributed by atoms with Gasteiger partial charge >= 0.3 is 0 Å². The van der Waals surface area contributed by atoms with Crippen LogP contribution in [0.1, 0.15) is 40.9 Å². The van der Waals surface area contributed by atoms with Crippen LogP contribution in [-0.2, 0) is 4.79 Å². The van der Waals surface area contributed by atoms with E-state index >= 15 is 0 Å². The molecule has 1 amide bonds. The SMILES string of the molecule is CCN(CC)C(=O)COc1ccc(C(=O)/C=C/c2cc(C)c(O)c(C)c2)cc1. The maximum Gasteiger partial charge on any atom is 0.260 e. The maximum absolute atomic E-state index is 12.4. The van der Waals surface area contributed by atoms with Gasteiger partial charge in [0.05, 0.1) is 0 Å². The van der Waals surface area contributed by atoms with E-state index in [1.54, 1.807) is 35.2 Å². The number of likely N-dealkylation sites (N-methyl/N-ethyl adjacent to an activating group) is 1. The monoisotopic (exact) mass is 381 g/mol. The number of rotatable bonds is 8. The Bertz CT molecular complexity index is 842. The molecule has 2 aromatic rings. The van der Waals surface area contributed by atoms with E-state index in [0.29, 0.717) is 24.4 Å². The van der Waals surface area contributed by atoms with Crippen LogP contribution < -0.4 is 4.74 Å². The molecule has 0 saturated carbocycles. The van der Waals surface area contributed by atoms with E-state index in [0.717, 1.165) is 16.7 Å². The van der Waals surface area contributed by atoms with E-state index in [1.807, 2.05) is 39.8 Å². The topological polar surface area (TPSA) is 66.8 Å². The van der Waals surface area contributed by atoms with Crippen molar-refractivity contribution < 1.29 is 19.4 Å². The molecule has 2 rings (SSSR count). The van der Waals surface area contributed by atoms with Crippen LogP contribution in [-0.4, -0.2) is 41.4 Å². The summed E-state index contributed by atoms with van der Waals surface area (Å²) in [6.45, 7) is 8.79. The van der Waals surface area contributed by atoms with Crippen molar-refractivity contribution in [3.63, 3.8) is 0 Å². The summed E-state index contributed by atoms with van der Waals surface area (Å²) in [4.78, 5) is 26.0. The second-order valence-electron chi connectivity index (χ2n) is 6.58. The van der Waals surface area contributed by atoms with Gasteiger partial charge in [0.25, 0.3) is 5.91 Å². The zero-order chi connectivity index (χ0) is 20.7. The summed E-state index contributed by atoms with van der Waals surface area (Å²) in [6, 6.07) is 10.4. The molecular formula is C23H27NO4. The molecule has 0 aliphatic carbocycles. The Balaban J connectivity index is 1.99. The summed E-state index contributed by atoms with van der Waals surface area (Å²) >= 11 is 0. The maximum atomic E-state index is 12.4. The van der Waals surface area contributed by atoms with Crippen LogP contribution in [0.3, 0.4) is 0 Å². The summed E-state index contributed by atoms with van der Waals surface area (Å²) in [5, 5.41) is 9.82. The first kappa shape index (κ1) is 21.2. The Hall–Kier alpha value is -3.08. The lowest BCUT2D eigenvalue weighted by molar-refractivity contribution is -0.132. The highest BCUT2D eigenvalue weighted by Crippen LogP contribution is 2.23. The number of ether oxygens (including phenoxy) is 1. The third-order valence-electron chi connectivity index (χ3n) is 4.56. The second-order valence-corrected chi connectivity index (χ2v) is 6.58. The largest absolute Gasteiger partial charge is 0.507 e. The van der Waals surface area contributed by atoms with Gasteiger partial charge in [-0.1, -0.05) is 6.08 Å². The minimum absolute atomic E-state index is 0.0194. The Morgan fingerprint density at radius 3 is 2.14 bits per heavy atom. The standard InChI is InChI=1S/C23H27NO4/c1-5-24(6-2)22(26)15-28-20-10-8-19(9-11-20)21(25)12-7-18-13-16(3)23(27)17(4)14-18/h7-14,27H,5-6,15H2,1-4H3/b12-7+. The van der Waals surface area contributed by atoms with Gasteiger partial charge in [0.1, 0.15) is 11.5 Å². The first-order valence-electron chi connectivity index (χ1n) is 9.39. The molecule has 0 atom stereocenters. The van der Waals surface area contributed by atoms with Crippen molar-refractivity contribution in [2.24, 2.45) is 0 Å². The van der Waals surface area contributed by atoms with Crippen LogP contribution in [0.25, 0.3) is 6.08 Å². The lowest BCUT2D eigenvalue weighted by atomic mass is 10.0. The summed E-state index contributed by atoms with van der Waals surface area (Å²) in [5.41, 5.74) is 2.93. The number of allylic oxidation sites excluding steroid dienone is 1. The van der Waals surface area contributed by atoms with Gasteiger partial charge in [-0.05, 0) is 86.9 Å². The number of phenols is 1. The number of carbonyl (C=O) groups excluding carboxylic acids is 2. The smallest absolute Gasteiger partial charge is 0.260 e. The van der Waals surface area contributed by atoms with Gasteiger partial charge in [-0.3, -0.25) is 9.59 Å². The van der Waals surface area contributed by atoms with Crippen LogP contribution in [0, 0.1) is 13.8 Å².